The van der Waals surface area contributed by atoms with Crippen LogP contribution in [0.5, 0.6) is 5.75 Å². The average Bonchev–Trinajstić information content (AvgIpc) is 2.83. The van der Waals surface area contributed by atoms with Crippen molar-refractivity contribution >= 4 is 17.5 Å². The molecule has 9 nitrogen and oxygen atoms in total. The number of aliphatic hydroxyl groups is 3. The third-order valence-electron chi connectivity index (χ3n) is 8.01. The molecule has 0 spiro atoms. The minimum atomic E-state index is -2.33. The number of carbonyl (C=O) groups is 3. The van der Waals surface area contributed by atoms with Crippen LogP contribution >= 0.6 is 0 Å². The second-order valence-electron chi connectivity index (χ2n) is 11.4. The number of phenolic OH excluding ortho intramolecular Hbond substituents is 1. The molecule has 0 aromatic heterocycles. The summed E-state index contributed by atoms with van der Waals surface area (Å²) in [6.07, 6.45) is 3.22. The fourth-order valence-corrected chi connectivity index (χ4v) is 5.87. The van der Waals surface area contributed by atoms with Gasteiger partial charge < -0.3 is 31.1 Å². The molecule has 0 bridgehead atoms. The lowest BCUT2D eigenvalue weighted by molar-refractivity contribution is -0.157. The van der Waals surface area contributed by atoms with Gasteiger partial charge in [0.1, 0.15) is 5.75 Å². The molecule has 6 N–H and O–H groups in total. The van der Waals surface area contributed by atoms with Gasteiger partial charge in [0.05, 0.1) is 25.2 Å². The van der Waals surface area contributed by atoms with Gasteiger partial charge in [-0.1, -0.05) is 33.3 Å². The van der Waals surface area contributed by atoms with Gasteiger partial charge >= 0.3 is 0 Å². The molecule has 0 radical (unpaired) electrons. The molecule has 1 aliphatic carbocycles. The number of primary amides is 1. The Hall–Kier alpha value is -2.33. The number of Topliss-reactive ketones (excluding diaryl/α,β-unsaturated/α-hetero) is 2. The van der Waals surface area contributed by atoms with E-state index < -0.39 is 48.9 Å². The van der Waals surface area contributed by atoms with E-state index in [0.717, 1.165) is 29.5 Å². The van der Waals surface area contributed by atoms with Crippen LogP contribution in [-0.4, -0.2) is 81.8 Å². The molecular weight excluding hydrogens is 488 g/mol. The zero-order valence-corrected chi connectivity index (χ0v) is 23.5. The van der Waals surface area contributed by atoms with Crippen molar-refractivity contribution < 1.29 is 34.8 Å². The number of nitrogens with zero attached hydrogens (tertiary/aromatic N) is 1. The first-order valence-electron chi connectivity index (χ1n) is 13.6. The Bertz CT molecular complexity index is 1010. The summed E-state index contributed by atoms with van der Waals surface area (Å²) < 4.78 is 0. The van der Waals surface area contributed by atoms with E-state index in [0.29, 0.717) is 30.7 Å². The summed E-state index contributed by atoms with van der Waals surface area (Å²) in [5.74, 6) is -2.75. The Morgan fingerprint density at radius 3 is 2.34 bits per heavy atom. The molecule has 0 aliphatic heterocycles. The highest BCUT2D eigenvalue weighted by molar-refractivity contribution is 6.02. The number of hydrogen-bond donors (Lipinski definition) is 5. The number of aliphatic hydroxyl groups excluding tert-OH is 2. The van der Waals surface area contributed by atoms with Crippen molar-refractivity contribution in [2.45, 2.75) is 83.8 Å². The van der Waals surface area contributed by atoms with Crippen LogP contribution in [-0.2, 0) is 28.9 Å². The molecule has 4 atom stereocenters. The standard InChI is InChI=1S/C29H46N2O7/c1-6-19-13-20(9-7-8-17(2)3)28(37)27-21(19)10-18(12-24(27)34)11-22(23(15-32)31(4)5)29(38,16-33)25(35)14-26(30)36/h13,17-18,22-23,32-33,37-38H,6-12,14-16H2,1-5H3,(H2,30,36)/t18-,22-,23+,29+/m0/s1. The van der Waals surface area contributed by atoms with Gasteiger partial charge in [-0.3, -0.25) is 14.4 Å². The normalized spacial score (nSPS) is 18.8. The Labute approximate surface area is 226 Å². The second-order valence-corrected chi connectivity index (χ2v) is 11.4. The Morgan fingerprint density at radius 1 is 1.18 bits per heavy atom. The van der Waals surface area contributed by atoms with E-state index in [1.807, 2.05) is 13.0 Å². The van der Waals surface area contributed by atoms with Crippen LogP contribution in [0.2, 0.25) is 0 Å². The predicted octanol–water partition coefficient (Wildman–Crippen LogP) is 1.78. The fourth-order valence-electron chi connectivity index (χ4n) is 5.87. The lowest BCUT2D eigenvalue weighted by Gasteiger charge is -2.42. The summed E-state index contributed by atoms with van der Waals surface area (Å²) in [6.45, 7) is 4.94. The third-order valence-corrected chi connectivity index (χ3v) is 8.01. The summed E-state index contributed by atoms with van der Waals surface area (Å²) in [5.41, 5.74) is 5.78. The number of fused-ring (bicyclic) bond motifs is 1. The summed E-state index contributed by atoms with van der Waals surface area (Å²) >= 11 is 0. The molecule has 38 heavy (non-hydrogen) atoms. The quantitative estimate of drug-likeness (QED) is 0.213. The average molecular weight is 535 g/mol. The maximum absolute atomic E-state index is 13.4. The van der Waals surface area contributed by atoms with Crippen LogP contribution in [0.4, 0.5) is 0 Å². The molecule has 1 aromatic carbocycles. The Morgan fingerprint density at radius 2 is 1.84 bits per heavy atom. The highest BCUT2D eigenvalue weighted by atomic mass is 16.3. The number of rotatable bonds is 15. The van der Waals surface area contributed by atoms with Crippen molar-refractivity contribution in [1.82, 2.24) is 4.90 Å². The van der Waals surface area contributed by atoms with Crippen molar-refractivity contribution in [2.24, 2.45) is 23.5 Å². The van der Waals surface area contributed by atoms with Gasteiger partial charge in [0, 0.05) is 18.4 Å². The van der Waals surface area contributed by atoms with Crippen molar-refractivity contribution in [1.29, 1.82) is 0 Å². The van der Waals surface area contributed by atoms with E-state index in [-0.39, 0.29) is 30.3 Å². The maximum Gasteiger partial charge on any atom is 0.224 e. The number of hydrogen-bond acceptors (Lipinski definition) is 8. The molecule has 2 rings (SSSR count). The smallest absolute Gasteiger partial charge is 0.224 e. The molecule has 214 valence electrons. The molecule has 9 heteroatoms. The number of phenols is 1. The third kappa shape index (κ3) is 7.20. The summed E-state index contributed by atoms with van der Waals surface area (Å²) in [4.78, 5) is 39.4. The zero-order chi connectivity index (χ0) is 28.8. The van der Waals surface area contributed by atoms with Gasteiger partial charge in [0.15, 0.2) is 17.2 Å². The maximum atomic E-state index is 13.4. The minimum Gasteiger partial charge on any atom is -0.507 e. The highest BCUT2D eigenvalue weighted by Crippen LogP contribution is 2.41. The molecule has 0 saturated carbocycles. The number of nitrogens with two attached hydrogens (primary N) is 1. The van der Waals surface area contributed by atoms with Gasteiger partial charge in [-0.2, -0.15) is 0 Å². The molecule has 0 unspecified atom stereocenters. The van der Waals surface area contributed by atoms with Crippen LogP contribution in [0.15, 0.2) is 6.07 Å². The number of carbonyl (C=O) groups excluding carboxylic acids is 3. The first-order chi connectivity index (χ1) is 17.8. The summed E-state index contributed by atoms with van der Waals surface area (Å²) in [7, 11) is 3.36. The Balaban J connectivity index is 2.46. The van der Waals surface area contributed by atoms with Crippen molar-refractivity contribution in [3.8, 4) is 5.75 Å². The van der Waals surface area contributed by atoms with E-state index in [4.69, 9.17) is 5.73 Å². The fraction of sp³-hybridized carbons (Fsp3) is 0.690. The minimum absolute atomic E-state index is 0.0472. The number of likely N-dealkylation sites (N-methyl/N-ethyl adjacent to an activating group) is 1. The molecule has 0 heterocycles. The van der Waals surface area contributed by atoms with Crippen LogP contribution < -0.4 is 5.73 Å². The van der Waals surface area contributed by atoms with Crippen molar-refractivity contribution in [2.75, 3.05) is 27.3 Å². The summed E-state index contributed by atoms with van der Waals surface area (Å²) in [6, 6.07) is 1.25. The summed E-state index contributed by atoms with van der Waals surface area (Å²) in [5, 5.41) is 42.7. The topological polar surface area (TPSA) is 161 Å². The van der Waals surface area contributed by atoms with E-state index in [1.165, 1.54) is 0 Å². The van der Waals surface area contributed by atoms with Crippen LogP contribution in [0.3, 0.4) is 0 Å². The molecular formula is C29H46N2O7. The predicted molar refractivity (Wildman–Crippen MR) is 145 cm³/mol. The van der Waals surface area contributed by atoms with Crippen molar-refractivity contribution in [3.05, 3.63) is 28.3 Å². The van der Waals surface area contributed by atoms with Gasteiger partial charge in [-0.15, -0.1) is 0 Å². The zero-order valence-electron chi connectivity index (χ0n) is 23.5. The number of benzene rings is 1. The lowest BCUT2D eigenvalue weighted by Crippen LogP contribution is -2.58. The van der Waals surface area contributed by atoms with E-state index in [1.54, 1.807) is 19.0 Å². The molecule has 0 fully saturated rings. The molecule has 1 amide bonds. The van der Waals surface area contributed by atoms with E-state index >= 15 is 0 Å². The number of ketones is 2. The second kappa shape index (κ2) is 13.6. The first kappa shape index (κ1) is 31.9. The van der Waals surface area contributed by atoms with Crippen LogP contribution in [0.1, 0.15) is 79.9 Å². The highest BCUT2D eigenvalue weighted by Gasteiger charge is 2.49. The lowest BCUT2D eigenvalue weighted by atomic mass is 9.69. The number of amides is 1. The van der Waals surface area contributed by atoms with Gasteiger partial charge in [-0.25, -0.2) is 0 Å². The van der Waals surface area contributed by atoms with Gasteiger partial charge in [0.2, 0.25) is 5.91 Å². The van der Waals surface area contributed by atoms with Crippen LogP contribution in [0, 0.1) is 17.8 Å². The van der Waals surface area contributed by atoms with Crippen LogP contribution in [0.25, 0.3) is 0 Å². The Kier molecular flexibility index (Phi) is 11.4. The van der Waals surface area contributed by atoms with Gasteiger partial charge in [0.25, 0.3) is 0 Å². The number of aryl methyl sites for hydroxylation is 2. The first-order valence-corrected chi connectivity index (χ1v) is 13.6. The largest absolute Gasteiger partial charge is 0.507 e. The van der Waals surface area contributed by atoms with Gasteiger partial charge in [-0.05, 0) is 74.7 Å². The molecule has 0 saturated heterocycles. The van der Waals surface area contributed by atoms with E-state index in [2.05, 4.69) is 13.8 Å². The monoisotopic (exact) mass is 534 g/mol. The number of aromatic hydroxyl groups is 1. The molecule has 1 aromatic rings. The van der Waals surface area contributed by atoms with Crippen molar-refractivity contribution in [3.63, 3.8) is 0 Å². The van der Waals surface area contributed by atoms with E-state index in [9.17, 15) is 34.8 Å². The SMILES string of the molecule is CCc1cc(CCCC(C)C)c(O)c2c1C[C@@H](C[C@@H]([C@@H](CO)N(C)C)[C@](O)(CO)C(=O)CC(N)=O)CC2=O. The molecule has 1 aliphatic rings.